The van der Waals surface area contributed by atoms with Crippen LogP contribution in [0.4, 0.5) is 10.5 Å². The van der Waals surface area contributed by atoms with Crippen LogP contribution in [0.5, 0.6) is 0 Å². The van der Waals surface area contributed by atoms with Gasteiger partial charge in [-0.25, -0.2) is 21.5 Å². The standard InChI is InChI=1S/C25H35N7O3/c1-7-24(29-28-19(4)20(5)30-35-15-21-13-11-17(2)12-14-21)34-16-22-18(3)9-8-10-23(22)32(27)25(33)31(6)26/h8-14H,7,15-16,26-27H2,1-6H3/b28-19?,29-24-,30-20?. The van der Waals surface area contributed by atoms with E-state index in [0.717, 1.165) is 26.7 Å². The predicted octanol–water partition coefficient (Wildman–Crippen LogP) is 4.20. The van der Waals surface area contributed by atoms with Crippen LogP contribution in [0.3, 0.4) is 0 Å². The molecule has 0 spiro atoms. The fourth-order valence-corrected chi connectivity index (χ4v) is 2.89. The Morgan fingerprint density at radius 2 is 1.66 bits per heavy atom. The molecule has 10 nitrogen and oxygen atoms in total. The molecule has 0 heterocycles. The summed E-state index contributed by atoms with van der Waals surface area (Å²) in [7, 11) is 1.43. The summed E-state index contributed by atoms with van der Waals surface area (Å²) in [5.41, 5.74) is 5.59. The molecule has 4 N–H and O–H groups in total. The molecule has 2 aromatic rings. The van der Waals surface area contributed by atoms with Gasteiger partial charge in [0.05, 0.1) is 17.1 Å². The van der Waals surface area contributed by atoms with E-state index in [-0.39, 0.29) is 6.61 Å². The zero-order valence-corrected chi connectivity index (χ0v) is 21.3. The van der Waals surface area contributed by atoms with Crippen LogP contribution >= 0.6 is 0 Å². The highest BCUT2D eigenvalue weighted by atomic mass is 16.6. The van der Waals surface area contributed by atoms with Gasteiger partial charge in [0, 0.05) is 19.0 Å². The summed E-state index contributed by atoms with van der Waals surface area (Å²) in [6.07, 6.45) is 0.523. The van der Waals surface area contributed by atoms with Crippen molar-refractivity contribution in [2.75, 3.05) is 12.1 Å². The number of hydrogen-bond donors (Lipinski definition) is 2. The first-order valence-electron chi connectivity index (χ1n) is 11.3. The summed E-state index contributed by atoms with van der Waals surface area (Å²) in [6, 6.07) is 13.0. The number of nitrogens with zero attached hydrogens (tertiary/aromatic N) is 5. The summed E-state index contributed by atoms with van der Waals surface area (Å²) in [4.78, 5) is 17.6. The van der Waals surface area contributed by atoms with Crippen LogP contribution in [0.15, 0.2) is 57.8 Å². The molecular weight excluding hydrogens is 446 g/mol. The minimum atomic E-state index is -0.555. The van der Waals surface area contributed by atoms with Crippen LogP contribution < -0.4 is 16.7 Å². The van der Waals surface area contributed by atoms with Crippen LogP contribution in [0.25, 0.3) is 0 Å². The van der Waals surface area contributed by atoms with Gasteiger partial charge in [-0.3, -0.25) is 5.01 Å². The van der Waals surface area contributed by atoms with E-state index in [4.69, 9.17) is 21.3 Å². The molecule has 2 aromatic carbocycles. The molecule has 2 amide bonds. The number of hydrogen-bond acceptors (Lipinski definition) is 8. The van der Waals surface area contributed by atoms with Crippen molar-refractivity contribution in [3.05, 3.63) is 64.7 Å². The van der Waals surface area contributed by atoms with E-state index in [2.05, 4.69) is 15.4 Å². The van der Waals surface area contributed by atoms with E-state index in [1.807, 2.05) is 57.2 Å². The van der Waals surface area contributed by atoms with Gasteiger partial charge < -0.3 is 9.57 Å². The number of rotatable bonds is 9. The van der Waals surface area contributed by atoms with E-state index in [9.17, 15) is 4.79 Å². The quantitative estimate of drug-likeness (QED) is 0.182. The van der Waals surface area contributed by atoms with Crippen LogP contribution in [0.2, 0.25) is 0 Å². The van der Waals surface area contributed by atoms with Crippen molar-refractivity contribution in [3.8, 4) is 0 Å². The van der Waals surface area contributed by atoms with Crippen molar-refractivity contribution in [1.29, 1.82) is 0 Å². The van der Waals surface area contributed by atoms with Crippen molar-refractivity contribution >= 4 is 29.0 Å². The molecule has 0 aliphatic carbocycles. The molecule has 0 aliphatic heterocycles. The van der Waals surface area contributed by atoms with Gasteiger partial charge in [-0.05, 0) is 44.9 Å². The number of nitrogens with two attached hydrogens (primary N) is 2. The second kappa shape index (κ2) is 13.2. The number of carbonyl (C=O) groups is 1. The van der Waals surface area contributed by atoms with E-state index in [1.54, 1.807) is 19.9 Å². The van der Waals surface area contributed by atoms with Gasteiger partial charge in [0.25, 0.3) is 0 Å². The van der Waals surface area contributed by atoms with Gasteiger partial charge in [-0.1, -0.05) is 54.0 Å². The van der Waals surface area contributed by atoms with Gasteiger partial charge in [-0.15, -0.1) is 5.10 Å². The third kappa shape index (κ3) is 8.20. The van der Waals surface area contributed by atoms with Gasteiger partial charge in [0.2, 0.25) is 5.90 Å². The molecule has 10 heteroatoms. The second-order valence-corrected chi connectivity index (χ2v) is 8.09. The van der Waals surface area contributed by atoms with Crippen molar-refractivity contribution in [3.63, 3.8) is 0 Å². The van der Waals surface area contributed by atoms with Crippen molar-refractivity contribution in [1.82, 2.24) is 5.01 Å². The van der Waals surface area contributed by atoms with E-state index in [1.165, 1.54) is 12.6 Å². The number of carbonyl (C=O) groups excluding carboxylic acids is 1. The maximum absolute atomic E-state index is 12.2. The molecule has 0 saturated heterocycles. The molecule has 2 rings (SSSR count). The third-order valence-electron chi connectivity index (χ3n) is 5.23. The van der Waals surface area contributed by atoms with Crippen LogP contribution in [0, 0.1) is 13.8 Å². The Morgan fingerprint density at radius 3 is 2.29 bits per heavy atom. The molecule has 0 radical (unpaired) electrons. The predicted molar refractivity (Wildman–Crippen MR) is 140 cm³/mol. The fraction of sp³-hybridized carbons (Fsp3) is 0.360. The number of oxime groups is 1. The smallest absolute Gasteiger partial charge is 0.352 e. The lowest BCUT2D eigenvalue weighted by atomic mass is 10.1. The summed E-state index contributed by atoms with van der Waals surface area (Å²) in [5, 5.41) is 14.5. The normalized spacial score (nSPS) is 12.4. The van der Waals surface area contributed by atoms with Gasteiger partial charge in [0.15, 0.2) is 0 Å². The lowest BCUT2D eigenvalue weighted by Gasteiger charge is -2.24. The highest BCUT2D eigenvalue weighted by Gasteiger charge is 2.19. The number of hydrazine groups is 2. The Morgan fingerprint density at radius 1 is 0.971 bits per heavy atom. The number of amides is 2. The van der Waals surface area contributed by atoms with Crippen LogP contribution in [-0.4, -0.2) is 35.4 Å². The molecular formula is C25H35N7O3. The number of ether oxygens (including phenoxy) is 1. The first-order valence-corrected chi connectivity index (χ1v) is 11.3. The molecule has 0 atom stereocenters. The minimum Gasteiger partial charge on any atom is -0.475 e. The summed E-state index contributed by atoms with van der Waals surface area (Å²) in [5.74, 6) is 12.0. The first-order chi connectivity index (χ1) is 16.6. The second-order valence-electron chi connectivity index (χ2n) is 8.09. The van der Waals surface area contributed by atoms with Crippen LogP contribution in [-0.2, 0) is 22.8 Å². The van der Waals surface area contributed by atoms with Crippen molar-refractivity contribution in [2.24, 2.45) is 27.0 Å². The zero-order chi connectivity index (χ0) is 26.0. The number of urea groups is 1. The van der Waals surface area contributed by atoms with Gasteiger partial charge in [-0.2, -0.15) is 5.10 Å². The number of benzene rings is 2. The van der Waals surface area contributed by atoms with E-state index >= 15 is 0 Å². The monoisotopic (exact) mass is 481 g/mol. The molecule has 0 fully saturated rings. The largest absolute Gasteiger partial charge is 0.475 e. The highest BCUT2D eigenvalue weighted by molar-refractivity contribution is 6.40. The maximum Gasteiger partial charge on any atom is 0.352 e. The van der Waals surface area contributed by atoms with Crippen molar-refractivity contribution < 1.29 is 14.4 Å². The van der Waals surface area contributed by atoms with Gasteiger partial charge >= 0.3 is 6.03 Å². The lowest BCUT2D eigenvalue weighted by molar-refractivity contribution is 0.131. The molecule has 0 saturated carbocycles. The zero-order valence-electron chi connectivity index (χ0n) is 21.3. The third-order valence-corrected chi connectivity index (χ3v) is 5.23. The summed E-state index contributed by atoms with van der Waals surface area (Å²) < 4.78 is 5.90. The SMILES string of the molecule is CC/C(=N/N=C(C)C(C)=NOCc1ccc(C)cc1)OCc1c(C)cccc1N(N)C(=O)N(C)N. The van der Waals surface area contributed by atoms with E-state index < -0.39 is 6.03 Å². The summed E-state index contributed by atoms with van der Waals surface area (Å²) >= 11 is 0. The Bertz CT molecular complexity index is 1090. The Balaban J connectivity index is 2.06. The van der Waals surface area contributed by atoms with Crippen molar-refractivity contribution in [2.45, 2.75) is 54.3 Å². The topological polar surface area (TPSA) is 131 Å². The summed E-state index contributed by atoms with van der Waals surface area (Å²) in [6.45, 7) is 9.99. The molecule has 0 unspecified atom stereocenters. The maximum atomic E-state index is 12.2. The first kappa shape index (κ1) is 27.5. The molecule has 188 valence electrons. The average molecular weight is 482 g/mol. The molecule has 0 aliphatic rings. The molecule has 35 heavy (non-hydrogen) atoms. The highest BCUT2D eigenvalue weighted by Crippen LogP contribution is 2.24. The average Bonchev–Trinajstić information content (AvgIpc) is 2.84. The minimum absolute atomic E-state index is 0.158. The lowest BCUT2D eigenvalue weighted by Crippen LogP contribution is -2.49. The fourth-order valence-electron chi connectivity index (χ4n) is 2.89. The number of anilines is 1. The molecule has 0 bridgehead atoms. The van der Waals surface area contributed by atoms with E-state index in [0.29, 0.717) is 36.0 Å². The molecule has 0 aromatic heterocycles. The Hall–Kier alpha value is -3.76. The van der Waals surface area contributed by atoms with Crippen LogP contribution in [0.1, 0.15) is 49.4 Å². The Labute approximate surface area is 206 Å². The number of aryl methyl sites for hydroxylation is 2. The Kier molecular flexibility index (Phi) is 10.4. The van der Waals surface area contributed by atoms with Gasteiger partial charge in [0.1, 0.15) is 13.2 Å².